The number of aliphatic hydroxyl groups is 1. The van der Waals surface area contributed by atoms with E-state index in [0.717, 1.165) is 5.56 Å². The Balaban J connectivity index is 1.70. The molecule has 0 fully saturated rings. The lowest BCUT2D eigenvalue weighted by atomic mass is 9.69. The number of ether oxygens (including phenoxy) is 4. The molecule has 9 heteroatoms. The van der Waals surface area contributed by atoms with E-state index >= 15 is 0 Å². The molecule has 2 aromatic carbocycles. The largest absolute Gasteiger partial charge is 0.497 e. The van der Waals surface area contributed by atoms with Gasteiger partial charge in [0.05, 0.1) is 32.7 Å². The van der Waals surface area contributed by atoms with Gasteiger partial charge in [-0.1, -0.05) is 30.7 Å². The summed E-state index contributed by atoms with van der Waals surface area (Å²) in [5.41, 5.74) is 1.38. The number of methoxy groups -OCH3 is 3. The number of carbonyl (C=O) groups excluding carboxylic acids is 1. The highest BCUT2D eigenvalue weighted by molar-refractivity contribution is 6.35. The van der Waals surface area contributed by atoms with Gasteiger partial charge in [-0.15, -0.1) is 0 Å². The lowest BCUT2D eigenvalue weighted by Gasteiger charge is -2.40. The monoisotopic (exact) mass is 484 g/mol. The van der Waals surface area contributed by atoms with Crippen molar-refractivity contribution in [2.45, 2.75) is 25.0 Å². The van der Waals surface area contributed by atoms with Crippen LogP contribution in [-0.4, -0.2) is 47.6 Å². The van der Waals surface area contributed by atoms with Crippen LogP contribution in [0.5, 0.6) is 23.0 Å². The first-order valence-corrected chi connectivity index (χ1v) is 11.2. The molecule has 0 amide bonds. The van der Waals surface area contributed by atoms with Crippen molar-refractivity contribution in [2.75, 3.05) is 21.3 Å². The van der Waals surface area contributed by atoms with Gasteiger partial charge >= 0.3 is 0 Å². The Kier molecular flexibility index (Phi) is 5.26. The van der Waals surface area contributed by atoms with Crippen molar-refractivity contribution in [3.8, 4) is 34.3 Å². The van der Waals surface area contributed by atoms with Crippen LogP contribution >= 0.6 is 11.6 Å². The fourth-order valence-corrected chi connectivity index (χ4v) is 5.46. The van der Waals surface area contributed by atoms with Gasteiger partial charge in [0.1, 0.15) is 33.9 Å². The van der Waals surface area contributed by atoms with Gasteiger partial charge in [0.25, 0.3) is 0 Å². The minimum Gasteiger partial charge on any atom is -0.497 e. The van der Waals surface area contributed by atoms with E-state index in [1.807, 2.05) is 38.2 Å². The first-order valence-electron chi connectivity index (χ1n) is 10.8. The van der Waals surface area contributed by atoms with Crippen LogP contribution in [0, 0.1) is 5.92 Å². The van der Waals surface area contributed by atoms with Crippen molar-refractivity contribution in [3.05, 3.63) is 52.2 Å². The van der Waals surface area contributed by atoms with E-state index in [1.54, 1.807) is 17.9 Å². The van der Waals surface area contributed by atoms with E-state index in [9.17, 15) is 9.90 Å². The molecule has 2 heterocycles. The number of aryl methyl sites for hydroxylation is 1. The molecule has 1 spiro atoms. The maximum atomic E-state index is 14.0. The smallest absolute Gasteiger partial charge is 0.217 e. The van der Waals surface area contributed by atoms with E-state index in [-0.39, 0.29) is 27.9 Å². The summed E-state index contributed by atoms with van der Waals surface area (Å²) in [5, 5.41) is 16.7. The summed E-state index contributed by atoms with van der Waals surface area (Å²) in [7, 11) is 6.34. The molecule has 0 unspecified atom stereocenters. The van der Waals surface area contributed by atoms with Gasteiger partial charge in [-0.3, -0.25) is 9.48 Å². The Morgan fingerprint density at radius 3 is 2.59 bits per heavy atom. The predicted octanol–water partition coefficient (Wildman–Crippen LogP) is 4.01. The summed E-state index contributed by atoms with van der Waals surface area (Å²) < 4.78 is 24.3. The normalized spacial score (nSPS) is 22.9. The average molecular weight is 485 g/mol. The van der Waals surface area contributed by atoms with Gasteiger partial charge in [-0.25, -0.2) is 0 Å². The van der Waals surface area contributed by atoms with E-state index in [1.165, 1.54) is 14.2 Å². The van der Waals surface area contributed by atoms with Gasteiger partial charge in [0, 0.05) is 30.2 Å². The molecule has 1 N–H and O–H groups in total. The maximum Gasteiger partial charge on any atom is 0.217 e. The molecule has 0 saturated heterocycles. The van der Waals surface area contributed by atoms with Gasteiger partial charge in [0.15, 0.2) is 5.75 Å². The number of hydrogen-bond acceptors (Lipinski definition) is 7. The van der Waals surface area contributed by atoms with E-state index in [2.05, 4.69) is 5.10 Å². The van der Waals surface area contributed by atoms with Crippen molar-refractivity contribution in [1.82, 2.24) is 9.78 Å². The van der Waals surface area contributed by atoms with Crippen molar-refractivity contribution in [3.63, 3.8) is 0 Å². The highest BCUT2D eigenvalue weighted by Gasteiger charge is 2.62. The fraction of sp³-hybridized carbons (Fsp3) is 0.360. The minimum atomic E-state index is -1.59. The molecule has 0 saturated carbocycles. The zero-order valence-corrected chi connectivity index (χ0v) is 20.3. The first-order chi connectivity index (χ1) is 16.3. The summed E-state index contributed by atoms with van der Waals surface area (Å²) in [6.07, 6.45) is -0.867. The zero-order chi connectivity index (χ0) is 24.4. The molecule has 2 aliphatic rings. The second-order valence-electron chi connectivity index (χ2n) is 8.60. The molecule has 1 aromatic heterocycles. The van der Waals surface area contributed by atoms with Gasteiger partial charge < -0.3 is 24.1 Å². The molecule has 5 rings (SSSR count). The van der Waals surface area contributed by atoms with Crippen LogP contribution in [0.1, 0.15) is 34.6 Å². The molecule has 3 atom stereocenters. The molecule has 3 aromatic rings. The van der Waals surface area contributed by atoms with E-state index in [4.69, 9.17) is 30.5 Å². The molecule has 34 heavy (non-hydrogen) atoms. The summed E-state index contributed by atoms with van der Waals surface area (Å²) in [6.45, 7) is 1.87. The van der Waals surface area contributed by atoms with Crippen molar-refractivity contribution >= 4 is 17.4 Å². The molecule has 1 aliphatic carbocycles. The number of carbonyl (C=O) groups is 1. The Labute approximate surface area is 202 Å². The molecule has 0 radical (unpaired) electrons. The molecule has 178 valence electrons. The number of ketones is 1. The van der Waals surface area contributed by atoms with Crippen LogP contribution in [-0.2, 0) is 13.5 Å². The third-order valence-electron chi connectivity index (χ3n) is 6.86. The number of Topliss-reactive ketones (excluding diaryl/α,β-unsaturated/α-hetero) is 1. The van der Waals surface area contributed by atoms with Gasteiger partial charge in [-0.05, 0) is 18.6 Å². The van der Waals surface area contributed by atoms with Crippen molar-refractivity contribution in [1.29, 1.82) is 0 Å². The van der Waals surface area contributed by atoms with E-state index in [0.29, 0.717) is 34.9 Å². The summed E-state index contributed by atoms with van der Waals surface area (Å²) in [4.78, 5) is 14.0. The molecule has 8 nitrogen and oxygen atoms in total. The third kappa shape index (κ3) is 2.88. The second-order valence-corrected chi connectivity index (χ2v) is 8.97. The fourth-order valence-electron chi connectivity index (χ4n) is 5.20. The number of fused-ring (bicyclic) bond motifs is 2. The first kappa shape index (κ1) is 22.6. The highest BCUT2D eigenvalue weighted by Crippen LogP contribution is 2.57. The Bertz CT molecular complexity index is 1320. The summed E-state index contributed by atoms with van der Waals surface area (Å²) in [5.74, 6) is 0.653. The molecular weight excluding hydrogens is 460 g/mol. The van der Waals surface area contributed by atoms with Gasteiger partial charge in [0.2, 0.25) is 11.4 Å². The van der Waals surface area contributed by atoms with Crippen molar-refractivity contribution < 1.29 is 28.8 Å². The van der Waals surface area contributed by atoms with Gasteiger partial charge in [-0.2, -0.15) is 5.10 Å². The summed E-state index contributed by atoms with van der Waals surface area (Å²) in [6, 6.07) is 9.04. The minimum absolute atomic E-state index is 0.157. The number of benzene rings is 2. The topological polar surface area (TPSA) is 92.0 Å². The predicted molar refractivity (Wildman–Crippen MR) is 125 cm³/mol. The number of aromatic nitrogens is 2. The molecule has 1 aliphatic heterocycles. The maximum absolute atomic E-state index is 14.0. The Morgan fingerprint density at radius 2 is 1.91 bits per heavy atom. The number of hydrogen-bond donors (Lipinski definition) is 1. The molecular formula is C25H25ClN2O6. The lowest BCUT2D eigenvalue weighted by Crippen LogP contribution is -2.54. The number of nitrogens with zero attached hydrogens (tertiary/aromatic N) is 2. The van der Waals surface area contributed by atoms with Crippen LogP contribution < -0.4 is 18.9 Å². The second kappa shape index (κ2) is 7.92. The molecule has 0 bridgehead atoms. The SMILES string of the molecule is COc1cccc(-c2c3c(nn2C)C[C@@H](C)[C@]2(Oc4c(Cl)c(OC)cc(OC)c4C2=O)[C@H]3O)c1. The quantitative estimate of drug-likeness (QED) is 0.598. The lowest BCUT2D eigenvalue weighted by molar-refractivity contribution is -0.0634. The zero-order valence-electron chi connectivity index (χ0n) is 19.5. The third-order valence-corrected chi connectivity index (χ3v) is 7.22. The van der Waals surface area contributed by atoms with Crippen LogP contribution in [0.3, 0.4) is 0 Å². The average Bonchev–Trinajstić information content (AvgIpc) is 3.33. The van der Waals surface area contributed by atoms with E-state index < -0.39 is 17.6 Å². The number of aliphatic hydroxyl groups excluding tert-OH is 1. The standard InChI is InChI=1S/C25H25ClN2O6/c1-12-9-15-18(21(28(2)27-15)13-7-6-8-14(10-13)31-3)23(29)25(12)24(30)19-16(32-4)11-17(33-5)20(26)22(19)34-25/h6-8,10-12,23,29H,9H2,1-5H3/t12-,23+,25+/m1/s1. The van der Waals surface area contributed by atoms with Crippen LogP contribution in [0.2, 0.25) is 5.02 Å². The van der Waals surface area contributed by atoms with Crippen LogP contribution in [0.4, 0.5) is 0 Å². The highest BCUT2D eigenvalue weighted by atomic mass is 35.5. The Morgan fingerprint density at radius 1 is 1.18 bits per heavy atom. The van der Waals surface area contributed by atoms with Crippen molar-refractivity contribution in [2.24, 2.45) is 13.0 Å². The number of halogens is 1. The Hall–Kier alpha value is -3.23. The summed E-state index contributed by atoms with van der Waals surface area (Å²) >= 11 is 6.54. The van der Waals surface area contributed by atoms with Crippen LogP contribution in [0.15, 0.2) is 30.3 Å². The van der Waals surface area contributed by atoms with Crippen LogP contribution in [0.25, 0.3) is 11.3 Å². The number of rotatable bonds is 4.